The predicted molar refractivity (Wildman–Crippen MR) is 64.0 cm³/mol. The van der Waals surface area contributed by atoms with Gasteiger partial charge in [0.15, 0.2) is 0 Å². The number of nitrogens with one attached hydrogen (secondary N) is 1. The second-order valence-corrected chi connectivity index (χ2v) is 4.26. The van der Waals surface area contributed by atoms with Gasteiger partial charge < -0.3 is 15.0 Å². The Labute approximate surface area is 94.5 Å². The molecule has 0 aromatic heterocycles. The molecule has 0 fully saturated rings. The number of rotatable bonds is 7. The third-order valence-electron chi connectivity index (χ3n) is 2.19. The van der Waals surface area contributed by atoms with E-state index in [1.165, 1.54) is 0 Å². The number of nitrogens with zero attached hydrogens (tertiary/aromatic N) is 1. The summed E-state index contributed by atoms with van der Waals surface area (Å²) in [6.45, 7) is 9.67. The van der Waals surface area contributed by atoms with Gasteiger partial charge in [-0.25, -0.2) is 0 Å². The monoisotopic (exact) mass is 218 g/mol. The van der Waals surface area contributed by atoms with Gasteiger partial charge in [0.25, 0.3) is 0 Å². The molecule has 0 atom stereocenters. The standard InChI is InChI=1S/C11H24N2O2.H2/c1-9(2)12-6-7-15-8-11(14)13(5)10(3)4;/h9-10,12H,6-8H2,1-5H3;1H. The number of amides is 1. The molecule has 0 rings (SSSR count). The number of hydrogen-bond donors (Lipinski definition) is 1. The van der Waals surface area contributed by atoms with Crippen molar-refractivity contribution in [1.82, 2.24) is 10.2 Å². The highest BCUT2D eigenvalue weighted by molar-refractivity contribution is 5.77. The smallest absolute Gasteiger partial charge is 0.248 e. The van der Waals surface area contributed by atoms with E-state index in [-0.39, 0.29) is 20.0 Å². The molecule has 0 aliphatic heterocycles. The molecule has 0 unspecified atom stereocenters. The molecular formula is C11H26N2O2. The van der Waals surface area contributed by atoms with E-state index in [1.54, 1.807) is 11.9 Å². The van der Waals surface area contributed by atoms with Crippen molar-refractivity contribution < 1.29 is 11.0 Å². The number of ether oxygens (including phenoxy) is 1. The fourth-order valence-electron chi connectivity index (χ4n) is 0.969. The first-order valence-electron chi connectivity index (χ1n) is 5.52. The Morgan fingerprint density at radius 1 is 1.40 bits per heavy atom. The molecule has 0 bridgehead atoms. The lowest BCUT2D eigenvalue weighted by Gasteiger charge is -2.21. The Morgan fingerprint density at radius 3 is 2.47 bits per heavy atom. The predicted octanol–water partition coefficient (Wildman–Crippen LogP) is 1.11. The third kappa shape index (κ3) is 7.33. The molecule has 0 aliphatic rings. The maximum Gasteiger partial charge on any atom is 0.248 e. The lowest BCUT2D eigenvalue weighted by Crippen LogP contribution is -2.36. The van der Waals surface area contributed by atoms with E-state index in [2.05, 4.69) is 19.2 Å². The van der Waals surface area contributed by atoms with Gasteiger partial charge in [-0.05, 0) is 13.8 Å². The fourth-order valence-corrected chi connectivity index (χ4v) is 0.969. The van der Waals surface area contributed by atoms with Crippen LogP contribution in [0.15, 0.2) is 0 Å². The average molecular weight is 218 g/mol. The van der Waals surface area contributed by atoms with Crippen molar-refractivity contribution in [3.8, 4) is 0 Å². The molecule has 1 N–H and O–H groups in total. The second kappa shape index (κ2) is 7.65. The largest absolute Gasteiger partial charge is 0.370 e. The van der Waals surface area contributed by atoms with Crippen molar-refractivity contribution in [2.75, 3.05) is 26.8 Å². The van der Waals surface area contributed by atoms with Gasteiger partial charge in [0.2, 0.25) is 5.91 Å². The Kier molecular flexibility index (Phi) is 7.34. The third-order valence-corrected chi connectivity index (χ3v) is 2.19. The van der Waals surface area contributed by atoms with Crippen molar-refractivity contribution in [3.05, 3.63) is 0 Å². The van der Waals surface area contributed by atoms with Crippen LogP contribution in [-0.4, -0.2) is 49.7 Å². The maximum absolute atomic E-state index is 11.5. The topological polar surface area (TPSA) is 41.6 Å². The summed E-state index contributed by atoms with van der Waals surface area (Å²) in [6.07, 6.45) is 0. The van der Waals surface area contributed by atoms with E-state index in [0.717, 1.165) is 6.54 Å². The quantitative estimate of drug-likeness (QED) is 0.651. The minimum absolute atomic E-state index is 0. The molecule has 92 valence electrons. The Balaban J connectivity index is 0. The summed E-state index contributed by atoms with van der Waals surface area (Å²) >= 11 is 0. The molecule has 0 aromatic rings. The van der Waals surface area contributed by atoms with Crippen LogP contribution in [-0.2, 0) is 9.53 Å². The molecule has 0 aliphatic carbocycles. The average Bonchev–Trinajstić information content (AvgIpc) is 2.15. The van der Waals surface area contributed by atoms with E-state index >= 15 is 0 Å². The van der Waals surface area contributed by atoms with Crippen LogP contribution in [0.2, 0.25) is 0 Å². The van der Waals surface area contributed by atoms with Gasteiger partial charge >= 0.3 is 0 Å². The van der Waals surface area contributed by atoms with Crippen LogP contribution in [0.25, 0.3) is 0 Å². The van der Waals surface area contributed by atoms with Gasteiger partial charge in [-0.1, -0.05) is 13.8 Å². The maximum atomic E-state index is 11.5. The van der Waals surface area contributed by atoms with Crippen LogP contribution in [0, 0.1) is 0 Å². The van der Waals surface area contributed by atoms with Gasteiger partial charge in [0, 0.05) is 27.1 Å². The Hall–Kier alpha value is -0.610. The number of carbonyl (C=O) groups excluding carboxylic acids is 1. The summed E-state index contributed by atoms with van der Waals surface area (Å²) in [6, 6.07) is 0.692. The first kappa shape index (κ1) is 14.4. The van der Waals surface area contributed by atoms with E-state index in [4.69, 9.17) is 4.74 Å². The molecule has 4 nitrogen and oxygen atoms in total. The highest BCUT2D eigenvalue weighted by Gasteiger charge is 2.11. The van der Waals surface area contributed by atoms with Crippen LogP contribution in [0.1, 0.15) is 29.1 Å². The minimum Gasteiger partial charge on any atom is -0.370 e. The molecular weight excluding hydrogens is 192 g/mol. The molecule has 0 saturated carbocycles. The van der Waals surface area contributed by atoms with Crippen molar-refractivity contribution in [2.24, 2.45) is 0 Å². The Bertz CT molecular complexity index is 187. The van der Waals surface area contributed by atoms with Gasteiger partial charge in [-0.15, -0.1) is 0 Å². The first-order chi connectivity index (χ1) is 6.95. The van der Waals surface area contributed by atoms with Crippen molar-refractivity contribution in [3.63, 3.8) is 0 Å². The molecule has 0 spiro atoms. The number of hydrogen-bond acceptors (Lipinski definition) is 3. The first-order valence-corrected chi connectivity index (χ1v) is 5.52. The molecule has 4 heteroatoms. The van der Waals surface area contributed by atoms with E-state index in [9.17, 15) is 4.79 Å². The normalized spacial score (nSPS) is 11.1. The molecule has 1 amide bonds. The van der Waals surface area contributed by atoms with Crippen LogP contribution in [0.4, 0.5) is 0 Å². The van der Waals surface area contributed by atoms with Crippen LogP contribution in [0.3, 0.4) is 0 Å². The number of likely N-dealkylation sites (N-methyl/N-ethyl adjacent to an activating group) is 1. The van der Waals surface area contributed by atoms with Crippen LogP contribution >= 0.6 is 0 Å². The van der Waals surface area contributed by atoms with E-state index in [0.29, 0.717) is 12.6 Å². The van der Waals surface area contributed by atoms with Crippen molar-refractivity contribution in [2.45, 2.75) is 39.8 Å². The lowest BCUT2D eigenvalue weighted by molar-refractivity contribution is -0.136. The molecule has 15 heavy (non-hydrogen) atoms. The van der Waals surface area contributed by atoms with Crippen molar-refractivity contribution in [1.29, 1.82) is 0 Å². The SMILES string of the molecule is CC(C)NCCOCC(=O)N(C)C(C)C.[HH]. The minimum atomic E-state index is 0. The highest BCUT2D eigenvalue weighted by Crippen LogP contribution is 1.94. The summed E-state index contributed by atoms with van der Waals surface area (Å²) in [5.74, 6) is 0.0366. The van der Waals surface area contributed by atoms with E-state index < -0.39 is 0 Å². The van der Waals surface area contributed by atoms with E-state index in [1.807, 2.05) is 13.8 Å². The second-order valence-electron chi connectivity index (χ2n) is 4.26. The lowest BCUT2D eigenvalue weighted by atomic mass is 10.3. The molecule has 0 aromatic carbocycles. The zero-order chi connectivity index (χ0) is 11.8. The van der Waals surface area contributed by atoms with Gasteiger partial charge in [0.1, 0.15) is 6.61 Å². The van der Waals surface area contributed by atoms with Crippen LogP contribution < -0.4 is 5.32 Å². The Morgan fingerprint density at radius 2 is 2.00 bits per heavy atom. The fraction of sp³-hybridized carbons (Fsp3) is 0.909. The van der Waals surface area contributed by atoms with Gasteiger partial charge in [-0.3, -0.25) is 4.79 Å². The summed E-state index contributed by atoms with van der Waals surface area (Å²) in [5, 5.41) is 3.22. The summed E-state index contributed by atoms with van der Waals surface area (Å²) in [7, 11) is 1.79. The van der Waals surface area contributed by atoms with Gasteiger partial charge in [0.05, 0.1) is 6.61 Å². The highest BCUT2D eigenvalue weighted by atomic mass is 16.5. The summed E-state index contributed by atoms with van der Waals surface area (Å²) in [4.78, 5) is 13.2. The zero-order valence-corrected chi connectivity index (χ0v) is 10.5. The van der Waals surface area contributed by atoms with Crippen LogP contribution in [0.5, 0.6) is 0 Å². The van der Waals surface area contributed by atoms with Crippen molar-refractivity contribution >= 4 is 5.91 Å². The molecule has 0 heterocycles. The molecule has 0 radical (unpaired) electrons. The zero-order valence-electron chi connectivity index (χ0n) is 10.5. The number of carbonyl (C=O) groups is 1. The summed E-state index contributed by atoms with van der Waals surface area (Å²) in [5.41, 5.74) is 0. The summed E-state index contributed by atoms with van der Waals surface area (Å²) < 4.78 is 5.26. The van der Waals surface area contributed by atoms with Gasteiger partial charge in [-0.2, -0.15) is 0 Å². The molecule has 0 saturated heterocycles.